The number of non-ortho nitro benzene ring substituents is 2. The Morgan fingerprint density at radius 2 is 0.934 bits per heavy atom. The first-order valence-corrected chi connectivity index (χ1v) is 31.3. The van der Waals surface area contributed by atoms with Crippen molar-refractivity contribution in [2.75, 3.05) is 83.9 Å². The van der Waals surface area contributed by atoms with E-state index in [9.17, 15) is 57.8 Å². The number of nitrogen functional groups attached to an aromatic ring is 1. The zero-order valence-electron chi connectivity index (χ0n) is 58.7. The number of benzene rings is 6. The summed E-state index contributed by atoms with van der Waals surface area (Å²) >= 11 is 8.55. The third kappa shape index (κ3) is 42.9. The second kappa shape index (κ2) is 56.7. The maximum absolute atomic E-state index is 14.3. The number of nitrogens with two attached hydrogens (primary N) is 1. The number of carbonyl (C=O) groups is 7. The molecule has 106 heavy (non-hydrogen) atoms. The minimum absolute atomic E-state index is 0. The van der Waals surface area contributed by atoms with Gasteiger partial charge in [-0.15, -0.1) is 0 Å². The molecule has 0 aliphatic carbocycles. The molecule has 33 nitrogen and oxygen atoms in total. The summed E-state index contributed by atoms with van der Waals surface area (Å²) in [6.45, 7) is 14.5. The van der Waals surface area contributed by atoms with Crippen LogP contribution in [0.3, 0.4) is 0 Å². The minimum atomic E-state index is -0.649. The van der Waals surface area contributed by atoms with Crippen LogP contribution in [0, 0.1) is 31.9 Å². The summed E-state index contributed by atoms with van der Waals surface area (Å²) in [4.78, 5) is 112. The first kappa shape index (κ1) is 96.3. The molecule has 2 amide bonds. The molecule has 0 fully saturated rings. The molecule has 0 spiro atoms. The monoisotopic (exact) mass is 1610 g/mol. The maximum atomic E-state index is 14.3. The molecule has 0 saturated heterocycles. The maximum Gasteiger partial charge on any atom is 1.00 e. The number of aromatic hydroxyl groups is 1. The normalized spacial score (nSPS) is 9.33. The molecule has 0 unspecified atom stereocenters. The van der Waals surface area contributed by atoms with Crippen LogP contribution in [-0.4, -0.2) is 129 Å². The van der Waals surface area contributed by atoms with Crippen molar-refractivity contribution >= 4 is 133 Å². The van der Waals surface area contributed by atoms with Crippen LogP contribution < -0.4 is 155 Å². The molecular weight excluding hydrogens is 1540 g/mol. The van der Waals surface area contributed by atoms with Gasteiger partial charge in [-0.05, 0) is 161 Å². The number of amides is 2. The van der Waals surface area contributed by atoms with Gasteiger partial charge in [-0.2, -0.15) is 9.97 Å². The summed E-state index contributed by atoms with van der Waals surface area (Å²) in [5, 5.41) is 51.6. The van der Waals surface area contributed by atoms with Gasteiger partial charge in [0.25, 0.3) is 17.8 Å². The van der Waals surface area contributed by atoms with Gasteiger partial charge in [-0.3, -0.25) is 39.4 Å². The fourth-order valence-corrected chi connectivity index (χ4v) is 7.05. The van der Waals surface area contributed by atoms with Crippen LogP contribution in [0.2, 0.25) is 5.28 Å². The van der Waals surface area contributed by atoms with Crippen molar-refractivity contribution in [2.45, 2.75) is 27.7 Å². The van der Waals surface area contributed by atoms with E-state index in [1.165, 1.54) is 48.5 Å². The number of aromatic nitrogens is 4. The van der Waals surface area contributed by atoms with E-state index in [1.54, 1.807) is 125 Å². The number of halogens is 4. The molecular formula is C67H72BrClF2K2N12O21. The van der Waals surface area contributed by atoms with Gasteiger partial charge in [-0.25, -0.2) is 33.1 Å². The molecule has 0 bridgehead atoms. The molecule has 39 heteroatoms. The zero-order valence-corrected chi connectivity index (χ0v) is 66.3. The number of phenolic OH excluding ortho intramolecular Hbond substituents is 1. The molecule has 6 aromatic carbocycles. The standard InChI is InChI=1S/C23H22FN5O4.C13H10ClFN4O.C10H11NO5.C10H13NO3.C6H5NO3.C4H7BrO2.CH2O3.2K.H2.H/c1-3-20(30)26-16-6-5-7-17(12-16)27-22-19(24)13-25-23(29-22)28-15-8-10-18(11-9-15)33-14-21(31)32-4-2;1-2-11(20)17-8-4-3-5-9(6-8)18-12-10(15)7-16-13(14)19-12;1-2-15-10(12)7-16-9-5-3-8(4-6-9)11(13)14;1-2-13-10(12)7-14-9-5-3-8(11)4-6-9;8-6-3-1-5(2-4-6)7(9)10;1-2-7-4(6)3-5;2-1-4-3;;;;/h3,5-13H,1,4,14H2,2H3,(H,26,30)(H2,25,27,28,29);2-7H,1H2,(H,17,20)(H,16,18,19);3-6H,2,7H2,1H3;3-6H,2,7,11H2,1H3;1-4,8H;2-3H2,1H3;1,3H;;;1H;/q;;;;;;;2*+1;;-1/p-1. The van der Waals surface area contributed by atoms with Crippen molar-refractivity contribution in [1.82, 2.24) is 19.9 Å². The number of ether oxygens (including phenoxy) is 7. The Bertz CT molecular complexity index is 4080. The smallest absolute Gasteiger partial charge is 1.00 e. The number of anilines is 9. The Morgan fingerprint density at radius 1 is 0.575 bits per heavy atom. The summed E-state index contributed by atoms with van der Waals surface area (Å²) < 4.78 is 62.0. The Kier molecular flexibility index (Phi) is 51.5. The SMILES string of the molecule is C=CC(=O)Nc1cccc(Nc2nc(Cl)ncc2F)c1.C=CC(=O)Nc1cccc(Nc2nc(Nc3ccc(OCC(=O)OCC)cc3)ncc2F)c1.CCOC(=O)CBr.CCOC(=O)COc1ccc(N)cc1.CCOC(=O)COc1ccc([N+](=O)[O-])cc1.O=CO[O-].O=[N+]([O-])c1ccc(O)cc1.[H-].[HH].[K+].[K+]. The van der Waals surface area contributed by atoms with Crippen molar-refractivity contribution in [3.8, 4) is 23.0 Å². The van der Waals surface area contributed by atoms with E-state index in [0.717, 1.165) is 24.5 Å². The third-order valence-corrected chi connectivity index (χ3v) is 11.8. The van der Waals surface area contributed by atoms with Gasteiger partial charge in [-0.1, -0.05) is 41.2 Å². The van der Waals surface area contributed by atoms with Crippen LogP contribution >= 0.6 is 27.5 Å². The number of rotatable bonds is 27. The Balaban J connectivity index is -0.00000128. The molecule has 0 saturated carbocycles. The Labute approximate surface area is 706 Å². The predicted molar refractivity (Wildman–Crippen MR) is 382 cm³/mol. The first-order chi connectivity index (χ1) is 49.8. The fraction of sp³-hybridized carbons (Fsp3) is 0.179. The molecule has 8 rings (SSSR count). The van der Waals surface area contributed by atoms with Gasteiger partial charge in [0.1, 0.15) is 28.3 Å². The van der Waals surface area contributed by atoms with E-state index in [0.29, 0.717) is 76.5 Å². The van der Waals surface area contributed by atoms with Crippen molar-refractivity contribution in [3.05, 3.63) is 220 Å². The largest absolute Gasteiger partial charge is 1.00 e. The number of hydrogen-bond donors (Lipinski definition) is 7. The van der Waals surface area contributed by atoms with Gasteiger partial charge in [0.15, 0.2) is 43.1 Å². The summed E-state index contributed by atoms with van der Waals surface area (Å²) in [6, 6.07) is 37.5. The van der Waals surface area contributed by atoms with Gasteiger partial charge >= 0.3 is 127 Å². The Hall–Kier alpha value is -9.69. The molecule has 2 heterocycles. The zero-order chi connectivity index (χ0) is 77.2. The average Bonchev–Trinajstić information content (AvgIpc) is 0.852. The number of hydrogen-bond acceptors (Lipinski definition) is 29. The second-order valence-electron chi connectivity index (χ2n) is 18.7. The summed E-state index contributed by atoms with van der Waals surface area (Å²) in [7, 11) is 0. The molecule has 0 radical (unpaired) electrons. The molecule has 8 aromatic rings. The van der Waals surface area contributed by atoms with Crippen LogP contribution in [-0.2, 0) is 57.4 Å². The number of nitro benzene ring substituents is 2. The van der Waals surface area contributed by atoms with Crippen LogP contribution in [0.1, 0.15) is 30.5 Å². The second-order valence-corrected chi connectivity index (χ2v) is 19.6. The topological polar surface area (TPSA) is 461 Å². The third-order valence-electron chi connectivity index (χ3n) is 11.2. The number of carbonyl (C=O) groups excluding carboxylic acids is 7. The van der Waals surface area contributed by atoms with E-state index >= 15 is 0 Å². The summed E-state index contributed by atoms with van der Waals surface area (Å²) in [6.07, 6.45) is 4.32. The van der Waals surface area contributed by atoms with Gasteiger partial charge in [0.2, 0.25) is 23.0 Å². The van der Waals surface area contributed by atoms with Crippen LogP contribution in [0.4, 0.5) is 71.9 Å². The van der Waals surface area contributed by atoms with E-state index < -0.39 is 33.4 Å². The number of nitrogens with one attached hydrogen (secondary N) is 5. The number of nitro groups is 2. The quantitative estimate of drug-likeness (QED) is 0.00301. The molecule has 0 aliphatic rings. The predicted octanol–water partition coefficient (Wildman–Crippen LogP) is 5.10. The molecule has 0 aliphatic heterocycles. The minimum Gasteiger partial charge on any atom is -1.00 e. The Morgan fingerprint density at radius 3 is 1.30 bits per heavy atom. The number of alkyl halides is 1. The molecule has 2 aromatic heterocycles. The number of esters is 4. The van der Waals surface area contributed by atoms with Gasteiger partial charge < -0.3 is 82.2 Å². The summed E-state index contributed by atoms with van der Waals surface area (Å²) in [5.74, 6) is -1.89. The number of phenols is 1. The molecule has 556 valence electrons. The summed E-state index contributed by atoms with van der Waals surface area (Å²) in [5.41, 5.74) is 8.85. The van der Waals surface area contributed by atoms with Crippen LogP contribution in [0.15, 0.2) is 183 Å². The average molecular weight is 1610 g/mol. The molecule has 0 atom stereocenters. The van der Waals surface area contributed by atoms with E-state index in [4.69, 9.17) is 56.2 Å². The molecule has 8 N–H and O–H groups in total. The van der Waals surface area contributed by atoms with Crippen LogP contribution in [0.25, 0.3) is 0 Å². The van der Waals surface area contributed by atoms with E-state index in [-0.39, 0.29) is 202 Å². The fourth-order valence-electron chi connectivity index (χ4n) is 6.76. The van der Waals surface area contributed by atoms with E-state index in [2.05, 4.69) is 90.0 Å². The van der Waals surface area contributed by atoms with E-state index in [1.807, 2.05) is 0 Å². The van der Waals surface area contributed by atoms with Crippen molar-refractivity contribution in [3.63, 3.8) is 0 Å². The first-order valence-electron chi connectivity index (χ1n) is 29.8. The van der Waals surface area contributed by atoms with Crippen molar-refractivity contribution in [1.29, 1.82) is 0 Å². The van der Waals surface area contributed by atoms with Gasteiger partial charge in [0, 0.05) is 59.8 Å². The van der Waals surface area contributed by atoms with Crippen molar-refractivity contribution < 1.29 is 206 Å². The van der Waals surface area contributed by atoms with Gasteiger partial charge in [0.05, 0.1) is 48.7 Å². The van der Waals surface area contributed by atoms with Crippen LogP contribution in [0.5, 0.6) is 23.0 Å². The number of nitrogens with zero attached hydrogens (tertiary/aromatic N) is 6. The van der Waals surface area contributed by atoms with Crippen molar-refractivity contribution in [2.24, 2.45) is 0 Å².